The minimum atomic E-state index is -0.912. The Morgan fingerprint density at radius 1 is 1.71 bits per heavy atom. The molecule has 0 aromatic carbocycles. The molecule has 0 fully saturated rings. The van der Waals surface area contributed by atoms with Crippen LogP contribution in [0.2, 0.25) is 0 Å². The molecule has 0 heterocycles. The lowest BCUT2D eigenvalue weighted by atomic mass is 10.4. The zero-order valence-corrected chi connectivity index (χ0v) is 8.27. The third kappa shape index (κ3) is 5.69. The second-order valence-corrected chi connectivity index (χ2v) is 2.78. The molecule has 14 heavy (non-hydrogen) atoms. The van der Waals surface area contributed by atoms with Gasteiger partial charge in [-0.25, -0.2) is 0 Å². The average Bonchev–Trinajstić information content (AvgIpc) is 2.22. The molecule has 0 bridgehead atoms. The van der Waals surface area contributed by atoms with Crippen LogP contribution in [0.15, 0.2) is 12.7 Å². The van der Waals surface area contributed by atoms with Gasteiger partial charge in [-0.15, -0.1) is 0 Å². The van der Waals surface area contributed by atoms with Gasteiger partial charge in [-0.2, -0.15) is 0 Å². The van der Waals surface area contributed by atoms with Crippen LogP contribution in [0.1, 0.15) is 13.3 Å². The van der Waals surface area contributed by atoms with E-state index in [9.17, 15) is 4.79 Å². The van der Waals surface area contributed by atoms with E-state index < -0.39 is 12.3 Å². The molecule has 1 amide bonds. The van der Waals surface area contributed by atoms with Gasteiger partial charge in [-0.1, -0.05) is 13.5 Å². The summed E-state index contributed by atoms with van der Waals surface area (Å²) in [6.07, 6.45) is 0.359. The topological polar surface area (TPSA) is 78.8 Å². The molecule has 0 spiro atoms. The van der Waals surface area contributed by atoms with E-state index in [1.54, 1.807) is 0 Å². The Hall–Kier alpha value is -0.910. The third-order valence-corrected chi connectivity index (χ3v) is 1.56. The highest BCUT2D eigenvalue weighted by Gasteiger charge is 2.10. The SMILES string of the molecule is C=CC(=O)NC(CC)OCC(O)CO. The normalized spacial score (nSPS) is 14.5. The van der Waals surface area contributed by atoms with Gasteiger partial charge in [0.15, 0.2) is 0 Å². The number of hydrogen-bond donors (Lipinski definition) is 3. The summed E-state index contributed by atoms with van der Waals surface area (Å²) in [4.78, 5) is 10.9. The standard InChI is InChI=1S/C9H17NO4/c1-3-8(13)10-9(4-2)14-6-7(12)5-11/h3,7,9,11-12H,1,4-6H2,2H3,(H,10,13). The Bertz CT molecular complexity index is 184. The highest BCUT2D eigenvalue weighted by molar-refractivity contribution is 5.86. The highest BCUT2D eigenvalue weighted by Crippen LogP contribution is 1.95. The first kappa shape index (κ1) is 13.1. The average molecular weight is 203 g/mol. The fourth-order valence-electron chi connectivity index (χ4n) is 0.759. The molecule has 0 aliphatic carbocycles. The zero-order chi connectivity index (χ0) is 11.0. The molecule has 3 N–H and O–H groups in total. The van der Waals surface area contributed by atoms with Crippen LogP contribution >= 0.6 is 0 Å². The number of ether oxygens (including phenoxy) is 1. The van der Waals surface area contributed by atoms with Gasteiger partial charge in [0.25, 0.3) is 0 Å². The van der Waals surface area contributed by atoms with Crippen LogP contribution in [0, 0.1) is 0 Å². The van der Waals surface area contributed by atoms with E-state index in [1.165, 1.54) is 0 Å². The molecule has 0 radical (unpaired) electrons. The van der Waals surface area contributed by atoms with Crippen LogP contribution in [-0.4, -0.2) is 41.7 Å². The van der Waals surface area contributed by atoms with Gasteiger partial charge < -0.3 is 20.3 Å². The first-order chi connectivity index (χ1) is 6.63. The lowest BCUT2D eigenvalue weighted by Crippen LogP contribution is -2.37. The van der Waals surface area contributed by atoms with Crippen LogP contribution in [0.3, 0.4) is 0 Å². The largest absolute Gasteiger partial charge is 0.394 e. The van der Waals surface area contributed by atoms with E-state index in [0.29, 0.717) is 6.42 Å². The molecule has 0 saturated carbocycles. The van der Waals surface area contributed by atoms with Gasteiger partial charge in [-0.05, 0) is 12.5 Å². The van der Waals surface area contributed by atoms with Gasteiger partial charge in [-0.3, -0.25) is 4.79 Å². The van der Waals surface area contributed by atoms with E-state index >= 15 is 0 Å². The second-order valence-electron chi connectivity index (χ2n) is 2.78. The monoisotopic (exact) mass is 203 g/mol. The molecular formula is C9H17NO4. The molecule has 0 aromatic heterocycles. The minimum absolute atomic E-state index is 0.00751. The quantitative estimate of drug-likeness (QED) is 0.381. The van der Waals surface area contributed by atoms with Crippen LogP contribution in [0.4, 0.5) is 0 Å². The maximum atomic E-state index is 10.9. The molecule has 2 unspecified atom stereocenters. The molecule has 0 aliphatic rings. The number of aliphatic hydroxyl groups is 2. The first-order valence-electron chi connectivity index (χ1n) is 4.47. The molecule has 2 atom stereocenters. The van der Waals surface area contributed by atoms with Crippen LogP contribution in [-0.2, 0) is 9.53 Å². The van der Waals surface area contributed by atoms with Gasteiger partial charge in [0.05, 0.1) is 13.2 Å². The third-order valence-electron chi connectivity index (χ3n) is 1.56. The molecule has 0 rings (SSSR count). The summed E-state index contributed by atoms with van der Waals surface area (Å²) in [6, 6.07) is 0. The Balaban J connectivity index is 3.79. The Kier molecular flexibility index (Phi) is 7.00. The van der Waals surface area contributed by atoms with E-state index in [2.05, 4.69) is 11.9 Å². The number of carbonyl (C=O) groups excluding carboxylic acids is 1. The van der Waals surface area contributed by atoms with Gasteiger partial charge in [0.1, 0.15) is 12.3 Å². The summed E-state index contributed by atoms with van der Waals surface area (Å²) < 4.78 is 5.13. The molecule has 0 aliphatic heterocycles. The summed E-state index contributed by atoms with van der Waals surface area (Å²) in [5.74, 6) is -0.324. The zero-order valence-electron chi connectivity index (χ0n) is 8.27. The van der Waals surface area contributed by atoms with Crippen molar-refractivity contribution in [1.82, 2.24) is 5.32 Å². The first-order valence-corrected chi connectivity index (χ1v) is 4.47. The molecule has 0 aromatic rings. The Morgan fingerprint density at radius 3 is 2.79 bits per heavy atom. The predicted molar refractivity (Wildman–Crippen MR) is 51.5 cm³/mol. The van der Waals surface area contributed by atoms with Gasteiger partial charge in [0.2, 0.25) is 5.91 Å². The smallest absolute Gasteiger partial charge is 0.245 e. The summed E-state index contributed by atoms with van der Waals surface area (Å²) in [7, 11) is 0. The number of aliphatic hydroxyl groups excluding tert-OH is 2. The van der Waals surface area contributed by atoms with Gasteiger partial charge in [0, 0.05) is 0 Å². The van der Waals surface area contributed by atoms with Crippen molar-refractivity contribution in [2.24, 2.45) is 0 Å². The van der Waals surface area contributed by atoms with E-state index in [4.69, 9.17) is 14.9 Å². The van der Waals surface area contributed by atoms with Crippen molar-refractivity contribution >= 4 is 5.91 Å². The number of hydrogen-bond acceptors (Lipinski definition) is 4. The maximum absolute atomic E-state index is 10.9. The number of carbonyl (C=O) groups is 1. The minimum Gasteiger partial charge on any atom is -0.394 e. The highest BCUT2D eigenvalue weighted by atomic mass is 16.5. The fourth-order valence-corrected chi connectivity index (χ4v) is 0.759. The molecule has 82 valence electrons. The molecule has 0 saturated heterocycles. The van der Waals surface area contributed by atoms with Crippen molar-refractivity contribution in [2.75, 3.05) is 13.2 Å². The molecule has 5 nitrogen and oxygen atoms in total. The second kappa shape index (κ2) is 7.49. The Morgan fingerprint density at radius 2 is 2.36 bits per heavy atom. The maximum Gasteiger partial charge on any atom is 0.245 e. The van der Waals surface area contributed by atoms with E-state index in [-0.39, 0.29) is 19.1 Å². The predicted octanol–water partition coefficient (Wildman–Crippen LogP) is -0.606. The van der Waals surface area contributed by atoms with Crippen LogP contribution in [0.25, 0.3) is 0 Å². The fraction of sp³-hybridized carbons (Fsp3) is 0.667. The number of rotatable bonds is 7. The number of nitrogens with one attached hydrogen (secondary N) is 1. The summed E-state index contributed by atoms with van der Waals surface area (Å²) >= 11 is 0. The van der Waals surface area contributed by atoms with Crippen molar-refractivity contribution < 1.29 is 19.7 Å². The van der Waals surface area contributed by atoms with Crippen molar-refractivity contribution in [2.45, 2.75) is 25.7 Å². The van der Waals surface area contributed by atoms with Crippen molar-refractivity contribution in [3.63, 3.8) is 0 Å². The lowest BCUT2D eigenvalue weighted by molar-refractivity contribution is -0.122. The lowest BCUT2D eigenvalue weighted by Gasteiger charge is -2.18. The van der Waals surface area contributed by atoms with E-state index in [1.807, 2.05) is 6.92 Å². The Labute approximate surface area is 83.4 Å². The van der Waals surface area contributed by atoms with Crippen molar-refractivity contribution in [3.05, 3.63) is 12.7 Å². The molecule has 5 heteroatoms. The van der Waals surface area contributed by atoms with Crippen LogP contribution < -0.4 is 5.32 Å². The molecular weight excluding hydrogens is 186 g/mol. The van der Waals surface area contributed by atoms with E-state index in [0.717, 1.165) is 6.08 Å². The van der Waals surface area contributed by atoms with Crippen molar-refractivity contribution in [1.29, 1.82) is 0 Å². The van der Waals surface area contributed by atoms with Gasteiger partial charge >= 0.3 is 0 Å². The summed E-state index contributed by atoms with van der Waals surface area (Å²) in [5.41, 5.74) is 0. The van der Waals surface area contributed by atoms with Crippen LogP contribution in [0.5, 0.6) is 0 Å². The number of amides is 1. The van der Waals surface area contributed by atoms with Crippen molar-refractivity contribution in [3.8, 4) is 0 Å². The summed E-state index contributed by atoms with van der Waals surface area (Å²) in [5, 5.41) is 20.0. The summed E-state index contributed by atoms with van der Waals surface area (Å²) in [6.45, 7) is 4.77.